The van der Waals surface area contributed by atoms with Crippen LogP contribution in [0.5, 0.6) is 11.5 Å². The van der Waals surface area contributed by atoms with E-state index in [1.807, 2.05) is 0 Å². The van der Waals surface area contributed by atoms with Crippen molar-refractivity contribution < 1.29 is 20.1 Å². The lowest BCUT2D eigenvalue weighted by atomic mass is 10.1. The summed E-state index contributed by atoms with van der Waals surface area (Å²) >= 11 is 0. The summed E-state index contributed by atoms with van der Waals surface area (Å²) in [6.45, 7) is 0.550. The second kappa shape index (κ2) is 5.65. The highest BCUT2D eigenvalue weighted by molar-refractivity contribution is 5.79. The highest BCUT2D eigenvalue weighted by Crippen LogP contribution is 2.24. The van der Waals surface area contributed by atoms with Gasteiger partial charge in [-0.25, -0.2) is 4.79 Å². The molecule has 16 heavy (non-hydrogen) atoms. The fourth-order valence-corrected chi connectivity index (χ4v) is 1.15. The number of hydrogen-bond acceptors (Lipinski definition) is 4. The lowest BCUT2D eigenvalue weighted by molar-refractivity contribution is -0.131. The lowest BCUT2D eigenvalue weighted by Gasteiger charge is -2.03. The monoisotopic (exact) mass is 223 g/mol. The summed E-state index contributed by atoms with van der Waals surface area (Å²) in [7, 11) is 0. The summed E-state index contributed by atoms with van der Waals surface area (Å²) in [5.41, 5.74) is 0.853. The average molecular weight is 223 g/mol. The molecule has 0 heterocycles. The zero-order chi connectivity index (χ0) is 12.0. The average Bonchev–Trinajstić information content (AvgIpc) is 2.22. The molecule has 86 valence electrons. The maximum absolute atomic E-state index is 10.1. The minimum Gasteiger partial charge on any atom is -0.504 e. The predicted octanol–water partition coefficient (Wildman–Crippen LogP) is 0.828. The van der Waals surface area contributed by atoms with E-state index in [9.17, 15) is 9.90 Å². The quantitative estimate of drug-likeness (QED) is 0.337. The maximum Gasteiger partial charge on any atom is 0.329 e. The van der Waals surface area contributed by atoms with Gasteiger partial charge in [0.2, 0.25) is 0 Å². The van der Waals surface area contributed by atoms with Crippen molar-refractivity contribution in [3.63, 3.8) is 0 Å². The Labute approximate surface area is 92.7 Å². The van der Waals surface area contributed by atoms with Crippen LogP contribution in [0.15, 0.2) is 30.5 Å². The minimum absolute atomic E-state index is 0.150. The highest BCUT2D eigenvalue weighted by atomic mass is 16.4. The Bertz CT molecular complexity index is 401. The second-order valence-corrected chi connectivity index (χ2v) is 3.20. The van der Waals surface area contributed by atoms with Gasteiger partial charge in [0.05, 0.1) is 0 Å². The van der Waals surface area contributed by atoms with Gasteiger partial charge in [-0.15, -0.1) is 0 Å². The Kier molecular flexibility index (Phi) is 4.20. The summed E-state index contributed by atoms with van der Waals surface area (Å²) in [6.07, 6.45) is 2.98. The summed E-state index contributed by atoms with van der Waals surface area (Å²) in [4.78, 5) is 10.1. The molecule has 0 amide bonds. The zero-order valence-corrected chi connectivity index (χ0v) is 8.55. The second-order valence-electron chi connectivity index (χ2n) is 3.20. The van der Waals surface area contributed by atoms with Crippen molar-refractivity contribution in [3.05, 3.63) is 36.0 Å². The number of rotatable bonds is 5. The molecule has 5 heteroatoms. The lowest BCUT2D eigenvalue weighted by Crippen LogP contribution is -2.10. The van der Waals surface area contributed by atoms with Crippen molar-refractivity contribution in [3.8, 4) is 11.5 Å². The fourth-order valence-electron chi connectivity index (χ4n) is 1.15. The first-order valence-electron chi connectivity index (χ1n) is 4.73. The van der Waals surface area contributed by atoms with Crippen LogP contribution in [-0.2, 0) is 11.2 Å². The standard InChI is InChI=1S/C11H13NO4/c13-9-2-1-8(7-10(9)14)3-5-12-6-4-11(15)16/h1-2,4,6-7,12-14H,3,5H2,(H,15,16). The van der Waals surface area contributed by atoms with Gasteiger partial charge in [-0.1, -0.05) is 6.07 Å². The number of phenols is 2. The van der Waals surface area contributed by atoms with E-state index < -0.39 is 5.97 Å². The molecule has 0 saturated heterocycles. The molecule has 0 saturated carbocycles. The van der Waals surface area contributed by atoms with Gasteiger partial charge in [-0.2, -0.15) is 0 Å². The molecule has 0 unspecified atom stereocenters. The van der Waals surface area contributed by atoms with E-state index in [1.54, 1.807) is 6.07 Å². The van der Waals surface area contributed by atoms with Crippen LogP contribution in [0, 0.1) is 0 Å². The van der Waals surface area contributed by atoms with Crippen LogP contribution >= 0.6 is 0 Å². The van der Waals surface area contributed by atoms with Gasteiger partial charge in [0, 0.05) is 18.8 Å². The smallest absolute Gasteiger partial charge is 0.329 e. The van der Waals surface area contributed by atoms with E-state index in [4.69, 9.17) is 10.2 Å². The molecular weight excluding hydrogens is 210 g/mol. The predicted molar refractivity (Wildman–Crippen MR) is 58.3 cm³/mol. The Morgan fingerprint density at radius 3 is 2.69 bits per heavy atom. The summed E-state index contributed by atoms with van der Waals surface area (Å²) in [5.74, 6) is -1.31. The van der Waals surface area contributed by atoms with E-state index in [0.717, 1.165) is 11.6 Å². The molecule has 5 nitrogen and oxygen atoms in total. The molecule has 0 fully saturated rings. The van der Waals surface area contributed by atoms with E-state index in [0.29, 0.717) is 13.0 Å². The number of benzene rings is 1. The third kappa shape index (κ3) is 3.91. The van der Waals surface area contributed by atoms with E-state index in [1.165, 1.54) is 18.3 Å². The van der Waals surface area contributed by atoms with E-state index >= 15 is 0 Å². The van der Waals surface area contributed by atoms with Crippen LogP contribution < -0.4 is 5.32 Å². The molecule has 1 rings (SSSR count). The zero-order valence-electron chi connectivity index (χ0n) is 8.55. The molecule has 4 N–H and O–H groups in total. The van der Waals surface area contributed by atoms with Crippen molar-refractivity contribution in [1.29, 1.82) is 0 Å². The Hall–Kier alpha value is -2.17. The summed E-state index contributed by atoms with van der Waals surface area (Å²) in [5, 5.41) is 29.4. The molecule has 0 aliphatic heterocycles. The fraction of sp³-hybridized carbons (Fsp3) is 0.182. The first-order chi connectivity index (χ1) is 7.59. The van der Waals surface area contributed by atoms with Crippen LogP contribution in [0.4, 0.5) is 0 Å². The van der Waals surface area contributed by atoms with Gasteiger partial charge in [0.15, 0.2) is 11.5 Å². The van der Waals surface area contributed by atoms with Crippen LogP contribution in [0.25, 0.3) is 0 Å². The molecule has 0 spiro atoms. The minimum atomic E-state index is -1.00. The summed E-state index contributed by atoms with van der Waals surface area (Å²) in [6, 6.07) is 4.58. The van der Waals surface area contributed by atoms with Gasteiger partial charge in [0.1, 0.15) is 0 Å². The molecule has 0 atom stereocenters. The van der Waals surface area contributed by atoms with E-state index in [2.05, 4.69) is 5.32 Å². The normalized spacial score (nSPS) is 10.5. The Balaban J connectivity index is 2.37. The van der Waals surface area contributed by atoms with Gasteiger partial charge in [-0.05, 0) is 24.1 Å². The number of phenolic OH excluding ortho intramolecular Hbond substituents is 2. The SMILES string of the molecule is O=C(O)C=CNCCc1ccc(O)c(O)c1. The topological polar surface area (TPSA) is 89.8 Å². The number of carboxylic acids is 1. The number of aliphatic carboxylic acids is 1. The molecule has 0 aliphatic rings. The largest absolute Gasteiger partial charge is 0.504 e. The number of nitrogens with one attached hydrogen (secondary N) is 1. The molecule has 0 aliphatic carbocycles. The molecular formula is C11H13NO4. The highest BCUT2D eigenvalue weighted by Gasteiger charge is 1.99. The number of carboxylic acid groups (broad SMARTS) is 1. The van der Waals surface area contributed by atoms with Gasteiger partial charge in [-0.3, -0.25) is 0 Å². The third-order valence-corrected chi connectivity index (χ3v) is 1.94. The Morgan fingerprint density at radius 1 is 1.31 bits per heavy atom. The first-order valence-corrected chi connectivity index (χ1v) is 4.73. The van der Waals surface area contributed by atoms with Crippen molar-refractivity contribution in [2.75, 3.05) is 6.54 Å². The van der Waals surface area contributed by atoms with Crippen molar-refractivity contribution in [1.82, 2.24) is 5.32 Å². The van der Waals surface area contributed by atoms with Gasteiger partial charge >= 0.3 is 5.97 Å². The molecule has 0 aromatic heterocycles. The molecule has 1 aromatic rings. The molecule has 1 aromatic carbocycles. The van der Waals surface area contributed by atoms with Crippen LogP contribution in [0.3, 0.4) is 0 Å². The summed E-state index contributed by atoms with van der Waals surface area (Å²) < 4.78 is 0. The maximum atomic E-state index is 10.1. The first kappa shape index (κ1) is 11.9. The van der Waals surface area contributed by atoms with Gasteiger partial charge in [0.25, 0.3) is 0 Å². The van der Waals surface area contributed by atoms with Crippen LogP contribution in [-0.4, -0.2) is 27.8 Å². The van der Waals surface area contributed by atoms with Gasteiger partial charge < -0.3 is 20.6 Å². The van der Waals surface area contributed by atoms with Crippen LogP contribution in [0.2, 0.25) is 0 Å². The van der Waals surface area contributed by atoms with Crippen molar-refractivity contribution >= 4 is 5.97 Å². The third-order valence-electron chi connectivity index (χ3n) is 1.94. The van der Waals surface area contributed by atoms with E-state index in [-0.39, 0.29) is 11.5 Å². The molecule has 0 bridgehead atoms. The van der Waals surface area contributed by atoms with Crippen molar-refractivity contribution in [2.24, 2.45) is 0 Å². The number of aromatic hydroxyl groups is 2. The van der Waals surface area contributed by atoms with Crippen LogP contribution in [0.1, 0.15) is 5.56 Å². The van der Waals surface area contributed by atoms with Crippen molar-refractivity contribution in [2.45, 2.75) is 6.42 Å². The molecule has 0 radical (unpaired) electrons. The number of carbonyl (C=O) groups is 1. The Morgan fingerprint density at radius 2 is 2.06 bits per heavy atom. The number of hydrogen-bond donors (Lipinski definition) is 4.